The molecule has 612 valence electrons. The first-order chi connectivity index (χ1) is 56.8. The van der Waals surface area contributed by atoms with E-state index in [4.69, 9.17) is 0 Å². The Morgan fingerprint density at radius 3 is 0.706 bits per heavy atom. The summed E-state index contributed by atoms with van der Waals surface area (Å²) in [5, 5.41) is 5.49. The van der Waals surface area contributed by atoms with Crippen LogP contribution in [-0.2, 0) is 6.42 Å². The van der Waals surface area contributed by atoms with Crippen molar-refractivity contribution in [2.75, 3.05) is 0 Å². The molecular formula is C119H136. The number of fused-ring (bicyclic) bond motifs is 2. The molecule has 0 spiro atoms. The molecule has 0 heterocycles. The number of rotatable bonds is 4. The summed E-state index contributed by atoms with van der Waals surface area (Å²) in [6, 6.07) is 120. The van der Waals surface area contributed by atoms with E-state index in [2.05, 4.69) is 520 Å². The molecule has 16 aromatic carbocycles. The molecule has 0 unspecified atom stereocenters. The van der Waals surface area contributed by atoms with Crippen LogP contribution < -0.4 is 0 Å². The fourth-order valence-corrected chi connectivity index (χ4v) is 13.2. The standard InChI is InChI=1S/3C14H14.2C12H12.2C10H14.C9H12.3C8H10/c1-11-3-7-13(8-4-11)14-9-5-12(2)6-10-14;1-11-6-8-13(9-7-11)14-5-3-4-12(2)10-14;1-11-7-9-13(10-8-11)14-6-4-3-5-12(14)2;1-9-5-3-8-12-10(2)6-4-7-11(9)12;1-9-7-8-10(2)12-6-4-3-5-11(9)12;1-7-5-9(3)10(4)6-8(7)2;1-4-10-7-8(2)5-6-9(10)3;1-7-4-5-8(2)9(3)6-7;1-7-3-5-8(2)6-4-7;1-7-4-3-5-8(2)6-7;1-7-5-3-4-6-8(7)2/h3*3-10H,1-2H3;2*3-8H,1-2H3;5-6H,1-4H3;5-7H,4H2,1-3H3;4-6H,1-3H3;3*3-6H,1-2H3. The van der Waals surface area contributed by atoms with Crippen LogP contribution in [0.4, 0.5) is 0 Å². The highest BCUT2D eigenvalue weighted by molar-refractivity contribution is 5.89. The Labute approximate surface area is 720 Å². The minimum absolute atomic E-state index is 1.15. The first kappa shape index (κ1) is 95.9. The predicted molar refractivity (Wildman–Crippen MR) is 530 cm³/mol. The molecule has 0 saturated carbocycles. The van der Waals surface area contributed by atoms with Gasteiger partial charge in [0.25, 0.3) is 0 Å². The van der Waals surface area contributed by atoms with Crippen molar-refractivity contribution in [3.63, 3.8) is 0 Å². The van der Waals surface area contributed by atoms with Crippen LogP contribution in [0.3, 0.4) is 0 Å². The molecule has 16 rings (SSSR count). The lowest BCUT2D eigenvalue weighted by Crippen LogP contribution is -1.86. The summed E-state index contributed by atoms with van der Waals surface area (Å²) in [5.74, 6) is 0. The quantitative estimate of drug-likeness (QED) is 0.165. The summed E-state index contributed by atoms with van der Waals surface area (Å²) in [5.41, 5.74) is 43.1. The van der Waals surface area contributed by atoms with Crippen LogP contribution in [0, 0.1) is 173 Å². The lowest BCUT2D eigenvalue weighted by atomic mass is 10.00. The van der Waals surface area contributed by atoms with Crippen molar-refractivity contribution in [3.8, 4) is 33.4 Å². The van der Waals surface area contributed by atoms with Gasteiger partial charge in [-0.3, -0.25) is 0 Å². The molecule has 0 N–H and O–H groups in total. The Morgan fingerprint density at radius 2 is 0.378 bits per heavy atom. The van der Waals surface area contributed by atoms with Crippen molar-refractivity contribution in [2.45, 2.75) is 186 Å². The number of aryl methyl sites for hydroxylation is 26. The van der Waals surface area contributed by atoms with Crippen molar-refractivity contribution in [1.82, 2.24) is 0 Å². The minimum Gasteiger partial charge on any atom is -0.0620 e. The van der Waals surface area contributed by atoms with Crippen LogP contribution in [0.15, 0.2) is 340 Å². The third-order valence-electron chi connectivity index (χ3n) is 21.5. The molecule has 0 aromatic heterocycles. The summed E-state index contributed by atoms with van der Waals surface area (Å²) in [4.78, 5) is 0. The Hall–Kier alpha value is -12.0. The Bertz CT molecular complexity index is 5430. The number of hydrogen-bond donors (Lipinski definition) is 0. The van der Waals surface area contributed by atoms with Crippen LogP contribution in [0.2, 0.25) is 0 Å². The number of benzene rings is 16. The largest absolute Gasteiger partial charge is 0.0620 e. The molecule has 0 bridgehead atoms. The minimum atomic E-state index is 1.15. The third kappa shape index (κ3) is 33.9. The van der Waals surface area contributed by atoms with Gasteiger partial charge in [0.1, 0.15) is 0 Å². The Balaban J connectivity index is 0.000000204. The maximum Gasteiger partial charge on any atom is -0.0152 e. The monoisotopic (exact) mass is 1570 g/mol. The van der Waals surface area contributed by atoms with Gasteiger partial charge in [-0.2, -0.15) is 0 Å². The molecule has 0 saturated heterocycles. The van der Waals surface area contributed by atoms with Gasteiger partial charge < -0.3 is 0 Å². The van der Waals surface area contributed by atoms with Gasteiger partial charge in [0.2, 0.25) is 0 Å². The van der Waals surface area contributed by atoms with Crippen LogP contribution in [-0.4, -0.2) is 0 Å². The van der Waals surface area contributed by atoms with Crippen molar-refractivity contribution < 1.29 is 0 Å². The van der Waals surface area contributed by atoms with E-state index < -0.39 is 0 Å². The van der Waals surface area contributed by atoms with E-state index in [1.807, 2.05) is 0 Å². The van der Waals surface area contributed by atoms with Gasteiger partial charge in [0, 0.05) is 0 Å². The van der Waals surface area contributed by atoms with Gasteiger partial charge in [0.15, 0.2) is 0 Å². The second kappa shape index (κ2) is 50.0. The molecular weight excluding hydrogens is 1430 g/mol. The van der Waals surface area contributed by atoms with Crippen LogP contribution in [0.5, 0.6) is 0 Å². The highest BCUT2D eigenvalue weighted by Crippen LogP contribution is 2.27. The van der Waals surface area contributed by atoms with E-state index in [9.17, 15) is 0 Å². The number of hydrogen-bond acceptors (Lipinski definition) is 0. The van der Waals surface area contributed by atoms with Gasteiger partial charge in [-0.15, -0.1) is 0 Å². The van der Waals surface area contributed by atoms with Gasteiger partial charge in [0.05, 0.1) is 0 Å². The maximum absolute atomic E-state index is 2.26. The SMILES string of the molecule is CCc1cc(C)ccc1C.Cc1cc(C)c(C)cc1C.Cc1ccc(-c2ccc(C)cc2)cc1.Cc1ccc(-c2cccc(C)c2)cc1.Cc1ccc(-c2ccccc2C)cc1.Cc1ccc(C)c(C)c1.Cc1ccc(C)c2ccccc12.Cc1ccc(C)cc1.Cc1cccc(C)c1.Cc1cccc2c(C)cccc12.Cc1ccccc1C. The summed E-state index contributed by atoms with van der Waals surface area (Å²) in [6.07, 6.45) is 1.15. The van der Waals surface area contributed by atoms with Crippen molar-refractivity contribution >= 4 is 21.5 Å². The summed E-state index contributed by atoms with van der Waals surface area (Å²) < 4.78 is 0. The van der Waals surface area contributed by atoms with Gasteiger partial charge in [-0.05, 0) is 318 Å². The topological polar surface area (TPSA) is 0 Å². The second-order valence-electron chi connectivity index (χ2n) is 32.4. The van der Waals surface area contributed by atoms with E-state index >= 15 is 0 Å². The first-order valence-corrected chi connectivity index (χ1v) is 42.3. The molecule has 0 fully saturated rings. The zero-order valence-corrected chi connectivity index (χ0v) is 77.0. The van der Waals surface area contributed by atoms with Gasteiger partial charge in [-0.25, -0.2) is 0 Å². The third-order valence-corrected chi connectivity index (χ3v) is 21.5. The molecule has 16 aromatic rings. The van der Waals surface area contributed by atoms with Gasteiger partial charge >= 0.3 is 0 Å². The van der Waals surface area contributed by atoms with Crippen molar-refractivity contribution in [3.05, 3.63) is 484 Å². The lowest BCUT2D eigenvalue weighted by Gasteiger charge is -2.05. The molecule has 0 amide bonds. The molecule has 0 nitrogen and oxygen atoms in total. The summed E-state index contributed by atoms with van der Waals surface area (Å²) in [7, 11) is 0. The Morgan fingerprint density at radius 1 is 0.134 bits per heavy atom. The molecule has 119 heavy (non-hydrogen) atoms. The van der Waals surface area contributed by atoms with Crippen LogP contribution >= 0.6 is 0 Å². The molecule has 0 radical (unpaired) electrons. The average molecular weight is 1570 g/mol. The molecule has 0 aliphatic heterocycles. The van der Waals surface area contributed by atoms with Crippen molar-refractivity contribution in [1.29, 1.82) is 0 Å². The summed E-state index contributed by atoms with van der Waals surface area (Å²) >= 11 is 0. The zero-order chi connectivity index (χ0) is 87.1. The normalized spacial score (nSPS) is 9.97. The van der Waals surface area contributed by atoms with E-state index in [-0.39, 0.29) is 0 Å². The van der Waals surface area contributed by atoms with E-state index in [1.165, 1.54) is 200 Å². The second-order valence-corrected chi connectivity index (χ2v) is 32.4. The molecule has 0 aliphatic rings. The van der Waals surface area contributed by atoms with Crippen LogP contribution in [0.25, 0.3) is 54.9 Å². The highest BCUT2D eigenvalue weighted by Gasteiger charge is 2.04. The fraction of sp³-hybridized carbons (Fsp3) is 0.227. The Kier molecular flexibility index (Phi) is 40.2. The smallest absolute Gasteiger partial charge is 0.0152 e. The summed E-state index contributed by atoms with van der Waals surface area (Å²) in [6.45, 7) is 55.5. The van der Waals surface area contributed by atoms with E-state index in [1.54, 1.807) is 0 Å². The maximum atomic E-state index is 2.26. The fourth-order valence-electron chi connectivity index (χ4n) is 13.2. The average Bonchev–Trinajstić information content (AvgIpc) is 0.825. The zero-order valence-electron chi connectivity index (χ0n) is 77.0. The van der Waals surface area contributed by atoms with Crippen molar-refractivity contribution in [2.24, 2.45) is 0 Å². The van der Waals surface area contributed by atoms with Gasteiger partial charge in [-0.1, -0.05) is 408 Å². The highest BCUT2D eigenvalue weighted by atomic mass is 14.1. The predicted octanol–water partition coefficient (Wildman–Crippen LogP) is 34.1. The van der Waals surface area contributed by atoms with E-state index in [0.29, 0.717) is 0 Å². The van der Waals surface area contributed by atoms with E-state index in [0.717, 1.165) is 6.42 Å². The first-order valence-electron chi connectivity index (χ1n) is 42.3. The van der Waals surface area contributed by atoms with Crippen LogP contribution in [0.1, 0.15) is 152 Å². The lowest BCUT2D eigenvalue weighted by molar-refractivity contribution is 1.10. The molecule has 0 aliphatic carbocycles. The molecule has 0 atom stereocenters. The molecule has 0 heteroatoms.